The number of ether oxygens (including phenoxy) is 1. The minimum absolute atomic E-state index is 0. The molecule has 1 aromatic carbocycles. The number of rotatable bonds is 5. The van der Waals surface area contributed by atoms with Crippen molar-refractivity contribution in [3.63, 3.8) is 0 Å². The zero-order chi connectivity index (χ0) is 15.8. The van der Waals surface area contributed by atoms with Gasteiger partial charge in [-0.05, 0) is 18.6 Å². The van der Waals surface area contributed by atoms with Crippen molar-refractivity contribution in [3.05, 3.63) is 30.3 Å². The highest BCUT2D eigenvalue weighted by molar-refractivity contribution is 14.0. The van der Waals surface area contributed by atoms with E-state index < -0.39 is 0 Å². The lowest BCUT2D eigenvalue weighted by Gasteiger charge is -2.21. The predicted octanol–water partition coefficient (Wildman–Crippen LogP) is 1.79. The van der Waals surface area contributed by atoms with Gasteiger partial charge in [-0.2, -0.15) is 0 Å². The number of halogens is 1. The Kier molecular flexibility index (Phi) is 8.93. The van der Waals surface area contributed by atoms with Crippen molar-refractivity contribution in [2.24, 2.45) is 10.9 Å². The van der Waals surface area contributed by atoms with Crippen molar-refractivity contribution in [1.29, 1.82) is 0 Å². The number of para-hydroxylation sites is 1. The van der Waals surface area contributed by atoms with Gasteiger partial charge >= 0.3 is 0 Å². The number of likely N-dealkylation sites (tertiary alicyclic amines) is 1. The number of anilines is 1. The number of carbonyl (C=O) groups is 1. The van der Waals surface area contributed by atoms with Crippen LogP contribution in [0.3, 0.4) is 0 Å². The van der Waals surface area contributed by atoms with E-state index in [0.29, 0.717) is 5.92 Å². The molecule has 1 aromatic rings. The third kappa shape index (κ3) is 6.34. The molecule has 6 nitrogen and oxygen atoms in total. The van der Waals surface area contributed by atoms with Crippen LogP contribution in [0.25, 0.3) is 0 Å². The van der Waals surface area contributed by atoms with Crippen LogP contribution < -0.4 is 10.6 Å². The summed E-state index contributed by atoms with van der Waals surface area (Å²) in [7, 11) is 3.46. The summed E-state index contributed by atoms with van der Waals surface area (Å²) in [6.07, 6.45) is 1.09. The summed E-state index contributed by atoms with van der Waals surface area (Å²) in [5.41, 5.74) is 0.797. The Balaban J connectivity index is 0.00000264. The van der Waals surface area contributed by atoms with E-state index in [-0.39, 0.29) is 36.4 Å². The Labute approximate surface area is 154 Å². The first-order valence-electron chi connectivity index (χ1n) is 7.52. The molecule has 1 aliphatic rings. The van der Waals surface area contributed by atoms with Crippen LogP contribution >= 0.6 is 24.0 Å². The number of hydrogen-bond donors (Lipinski definition) is 2. The van der Waals surface area contributed by atoms with Gasteiger partial charge in [-0.1, -0.05) is 18.2 Å². The molecule has 1 saturated heterocycles. The van der Waals surface area contributed by atoms with E-state index in [4.69, 9.17) is 4.74 Å². The predicted molar refractivity (Wildman–Crippen MR) is 103 cm³/mol. The molecule has 1 fully saturated rings. The van der Waals surface area contributed by atoms with Crippen molar-refractivity contribution < 1.29 is 9.53 Å². The zero-order valence-corrected chi connectivity index (χ0v) is 15.9. The van der Waals surface area contributed by atoms with Crippen molar-refractivity contribution in [2.75, 3.05) is 45.7 Å². The molecule has 1 heterocycles. The molecule has 1 aliphatic heterocycles. The molecule has 0 spiro atoms. The quantitative estimate of drug-likeness (QED) is 0.423. The van der Waals surface area contributed by atoms with E-state index in [2.05, 4.69) is 20.5 Å². The van der Waals surface area contributed by atoms with E-state index in [9.17, 15) is 4.79 Å². The van der Waals surface area contributed by atoms with E-state index >= 15 is 0 Å². The summed E-state index contributed by atoms with van der Waals surface area (Å²) in [5, 5.41) is 5.96. The second-order valence-electron chi connectivity index (χ2n) is 5.37. The van der Waals surface area contributed by atoms with Gasteiger partial charge in [0.25, 0.3) is 0 Å². The molecule has 2 rings (SSSR count). The highest BCUT2D eigenvalue weighted by Crippen LogP contribution is 2.16. The Hall–Kier alpha value is -1.35. The topological polar surface area (TPSA) is 66.0 Å². The van der Waals surface area contributed by atoms with Gasteiger partial charge in [0, 0.05) is 38.9 Å². The monoisotopic (exact) mass is 432 g/mol. The lowest BCUT2D eigenvalue weighted by molar-refractivity contribution is -0.115. The number of nitrogens with zero attached hydrogens (tertiary/aromatic N) is 2. The fourth-order valence-electron chi connectivity index (χ4n) is 2.62. The molecular formula is C16H25IN4O2. The number of amides is 1. The number of methoxy groups -OCH3 is 1. The van der Waals surface area contributed by atoms with Crippen molar-refractivity contribution >= 4 is 41.5 Å². The maximum atomic E-state index is 11.9. The van der Waals surface area contributed by atoms with Crippen LogP contribution in [0.1, 0.15) is 6.42 Å². The normalized spacial score (nSPS) is 17.6. The third-order valence-corrected chi connectivity index (χ3v) is 3.66. The Bertz CT molecular complexity index is 510. The molecule has 0 saturated carbocycles. The SMILES string of the molecule is CN=C(NCC(=O)Nc1ccccc1)N1CCC(COC)C1.I. The van der Waals surface area contributed by atoms with Gasteiger partial charge in [0.15, 0.2) is 5.96 Å². The van der Waals surface area contributed by atoms with Crippen LogP contribution in [0.5, 0.6) is 0 Å². The highest BCUT2D eigenvalue weighted by atomic mass is 127. The molecule has 128 valence electrons. The summed E-state index contributed by atoms with van der Waals surface area (Å²) in [6.45, 7) is 2.82. The molecule has 23 heavy (non-hydrogen) atoms. The van der Waals surface area contributed by atoms with E-state index in [1.807, 2.05) is 30.3 Å². The van der Waals surface area contributed by atoms with Gasteiger partial charge in [0.1, 0.15) is 0 Å². The van der Waals surface area contributed by atoms with Crippen LogP contribution in [0.4, 0.5) is 5.69 Å². The van der Waals surface area contributed by atoms with Crippen LogP contribution in [0.2, 0.25) is 0 Å². The fourth-order valence-corrected chi connectivity index (χ4v) is 2.62. The number of carbonyl (C=O) groups excluding carboxylic acids is 1. The molecular weight excluding hydrogens is 407 g/mol. The first-order valence-corrected chi connectivity index (χ1v) is 7.52. The van der Waals surface area contributed by atoms with Crippen molar-refractivity contribution in [1.82, 2.24) is 10.2 Å². The lowest BCUT2D eigenvalue weighted by Crippen LogP contribution is -2.43. The Morgan fingerprint density at radius 3 is 2.78 bits per heavy atom. The van der Waals surface area contributed by atoms with Crippen LogP contribution in [0.15, 0.2) is 35.3 Å². The van der Waals surface area contributed by atoms with Crippen molar-refractivity contribution in [2.45, 2.75) is 6.42 Å². The Morgan fingerprint density at radius 1 is 1.39 bits per heavy atom. The summed E-state index contributed by atoms with van der Waals surface area (Å²) >= 11 is 0. The minimum atomic E-state index is -0.0833. The molecule has 0 radical (unpaired) electrons. The molecule has 1 unspecified atom stereocenters. The van der Waals surface area contributed by atoms with E-state index in [1.165, 1.54) is 0 Å². The fraction of sp³-hybridized carbons (Fsp3) is 0.500. The molecule has 7 heteroatoms. The van der Waals surface area contributed by atoms with E-state index in [0.717, 1.165) is 37.8 Å². The zero-order valence-electron chi connectivity index (χ0n) is 13.6. The molecule has 0 aliphatic carbocycles. The molecule has 0 aromatic heterocycles. The van der Waals surface area contributed by atoms with Gasteiger partial charge in [-0.25, -0.2) is 0 Å². The summed E-state index contributed by atoms with van der Waals surface area (Å²) in [4.78, 5) is 18.4. The van der Waals surface area contributed by atoms with Crippen molar-refractivity contribution in [3.8, 4) is 0 Å². The van der Waals surface area contributed by atoms with Gasteiger partial charge in [0.05, 0.1) is 13.2 Å². The van der Waals surface area contributed by atoms with Gasteiger partial charge < -0.3 is 20.3 Å². The number of guanidine groups is 1. The van der Waals surface area contributed by atoms with Crippen LogP contribution in [-0.2, 0) is 9.53 Å². The maximum absolute atomic E-state index is 11.9. The molecule has 0 bridgehead atoms. The second kappa shape index (κ2) is 10.4. The first-order chi connectivity index (χ1) is 10.7. The summed E-state index contributed by atoms with van der Waals surface area (Å²) < 4.78 is 5.20. The summed E-state index contributed by atoms with van der Waals surface area (Å²) in [5.74, 6) is 1.21. The average Bonchev–Trinajstić information content (AvgIpc) is 2.98. The van der Waals surface area contributed by atoms with E-state index in [1.54, 1.807) is 14.2 Å². The maximum Gasteiger partial charge on any atom is 0.243 e. The minimum Gasteiger partial charge on any atom is -0.384 e. The first kappa shape index (κ1) is 19.7. The van der Waals surface area contributed by atoms with Gasteiger partial charge in [-0.15, -0.1) is 24.0 Å². The number of aliphatic imine (C=N–C) groups is 1. The standard InChI is InChI=1S/C16H24N4O2.HI/c1-17-16(20-9-8-13(11-20)12-22-2)18-10-15(21)19-14-6-4-3-5-7-14;/h3-7,13H,8-12H2,1-2H3,(H,17,18)(H,19,21);1H. The number of hydrogen-bond acceptors (Lipinski definition) is 3. The molecule has 1 atom stereocenters. The number of nitrogens with one attached hydrogen (secondary N) is 2. The van der Waals surface area contributed by atoms with Gasteiger partial charge in [-0.3, -0.25) is 9.79 Å². The highest BCUT2D eigenvalue weighted by Gasteiger charge is 2.24. The lowest BCUT2D eigenvalue weighted by atomic mass is 10.1. The number of benzene rings is 1. The molecule has 1 amide bonds. The summed E-state index contributed by atoms with van der Waals surface area (Å²) in [6, 6.07) is 9.43. The van der Waals surface area contributed by atoms with Crippen LogP contribution in [0, 0.1) is 5.92 Å². The van der Waals surface area contributed by atoms with Crippen LogP contribution in [-0.4, -0.2) is 57.2 Å². The van der Waals surface area contributed by atoms with Gasteiger partial charge in [0.2, 0.25) is 5.91 Å². The Morgan fingerprint density at radius 2 is 2.13 bits per heavy atom. The third-order valence-electron chi connectivity index (χ3n) is 3.66. The smallest absolute Gasteiger partial charge is 0.243 e. The average molecular weight is 432 g/mol. The largest absolute Gasteiger partial charge is 0.384 e. The second-order valence-corrected chi connectivity index (χ2v) is 5.37. The molecule has 2 N–H and O–H groups in total.